The van der Waals surface area contributed by atoms with Gasteiger partial charge in [0.15, 0.2) is 0 Å². The minimum atomic E-state index is -0.183. The van der Waals surface area contributed by atoms with Gasteiger partial charge in [-0.25, -0.2) is 0 Å². The molecule has 23 heavy (non-hydrogen) atoms. The molecule has 1 aromatic rings. The fraction of sp³-hybridized carbons (Fsp3) is 0.611. The van der Waals surface area contributed by atoms with Gasteiger partial charge in [-0.2, -0.15) is 11.8 Å². The Morgan fingerprint density at radius 2 is 2.22 bits per heavy atom. The Morgan fingerprint density at radius 1 is 1.35 bits per heavy atom. The van der Waals surface area contributed by atoms with Crippen molar-refractivity contribution in [3.8, 4) is 0 Å². The highest BCUT2D eigenvalue weighted by Crippen LogP contribution is 2.35. The minimum Gasteiger partial charge on any atom is -0.398 e. The summed E-state index contributed by atoms with van der Waals surface area (Å²) in [5, 5.41) is 11.2. The molecular formula is C18H25N3OS. The fourth-order valence-electron chi connectivity index (χ4n) is 3.73. The van der Waals surface area contributed by atoms with E-state index in [9.17, 15) is 5.11 Å². The molecule has 1 aromatic heterocycles. The number of allylic oxidation sites excluding steroid dienone is 1. The molecule has 4 nitrogen and oxygen atoms in total. The maximum absolute atomic E-state index is 10.4. The summed E-state index contributed by atoms with van der Waals surface area (Å²) in [6.45, 7) is 2.66. The molecule has 1 aliphatic heterocycles. The molecule has 0 amide bonds. The molecule has 3 N–H and O–H groups in total. The molecule has 1 saturated heterocycles. The fourth-order valence-corrected chi connectivity index (χ4v) is 5.25. The SMILES string of the molecule is Nc1ccnc2c1CC=C2CN1C[C@H](CSC2CCC2)[C@H](O)C1. The third-order valence-electron chi connectivity index (χ3n) is 5.42. The minimum absolute atomic E-state index is 0.183. The zero-order valence-corrected chi connectivity index (χ0v) is 14.3. The van der Waals surface area contributed by atoms with E-state index in [4.69, 9.17) is 5.73 Å². The maximum Gasteiger partial charge on any atom is 0.0727 e. The number of likely N-dealkylation sites (tertiary alicyclic amines) is 1. The predicted molar refractivity (Wildman–Crippen MR) is 96.4 cm³/mol. The molecule has 3 aliphatic rings. The molecule has 5 heteroatoms. The van der Waals surface area contributed by atoms with Crippen LogP contribution in [0.4, 0.5) is 5.69 Å². The van der Waals surface area contributed by atoms with E-state index >= 15 is 0 Å². The topological polar surface area (TPSA) is 62.4 Å². The molecule has 1 saturated carbocycles. The van der Waals surface area contributed by atoms with Crippen LogP contribution in [-0.4, -0.2) is 51.7 Å². The molecule has 4 rings (SSSR count). The second kappa shape index (κ2) is 6.46. The lowest BCUT2D eigenvalue weighted by atomic mass is 10.00. The van der Waals surface area contributed by atoms with Crippen molar-refractivity contribution in [2.24, 2.45) is 5.92 Å². The Labute approximate surface area is 142 Å². The van der Waals surface area contributed by atoms with Crippen LogP contribution in [0.3, 0.4) is 0 Å². The van der Waals surface area contributed by atoms with Gasteiger partial charge in [0.05, 0.1) is 11.8 Å². The number of β-amino-alcohol motifs (C(OH)–C–C–N with tert-alkyl or cyclic N) is 1. The van der Waals surface area contributed by atoms with Gasteiger partial charge in [0.25, 0.3) is 0 Å². The standard InChI is InChI=1S/C18H25N3OS/c19-16-6-7-20-18-12(4-5-15(16)18)8-21-9-13(17(22)10-21)11-23-14-2-1-3-14/h4,6-7,13-14,17,22H,1-3,5,8-11H2,(H2,19,20)/t13-,17-/m1/s1. The summed E-state index contributed by atoms with van der Waals surface area (Å²) in [5.74, 6) is 1.51. The van der Waals surface area contributed by atoms with Gasteiger partial charge in [0, 0.05) is 54.0 Å². The van der Waals surface area contributed by atoms with Gasteiger partial charge in [-0.1, -0.05) is 12.5 Å². The Kier molecular flexibility index (Phi) is 4.35. The van der Waals surface area contributed by atoms with E-state index < -0.39 is 0 Å². The number of anilines is 1. The number of hydrogen-bond donors (Lipinski definition) is 2. The number of aliphatic hydroxyl groups excluding tert-OH is 1. The lowest BCUT2D eigenvalue weighted by Gasteiger charge is -2.26. The normalized spacial score (nSPS) is 27.8. The van der Waals surface area contributed by atoms with E-state index in [1.165, 1.54) is 30.4 Å². The molecule has 0 unspecified atom stereocenters. The molecule has 2 heterocycles. The molecule has 0 aromatic carbocycles. The van der Waals surface area contributed by atoms with E-state index in [-0.39, 0.29) is 6.10 Å². The number of fused-ring (bicyclic) bond motifs is 1. The van der Waals surface area contributed by atoms with Gasteiger partial charge in [0.1, 0.15) is 0 Å². The van der Waals surface area contributed by atoms with E-state index in [0.29, 0.717) is 5.92 Å². The molecule has 0 spiro atoms. The van der Waals surface area contributed by atoms with Crippen molar-refractivity contribution < 1.29 is 5.11 Å². The second-order valence-electron chi connectivity index (χ2n) is 7.07. The number of hydrogen-bond acceptors (Lipinski definition) is 5. The maximum atomic E-state index is 10.4. The van der Waals surface area contributed by atoms with Crippen LogP contribution >= 0.6 is 11.8 Å². The van der Waals surface area contributed by atoms with E-state index in [2.05, 4.69) is 27.7 Å². The van der Waals surface area contributed by atoms with E-state index in [1.807, 2.05) is 6.07 Å². The number of nitrogens with two attached hydrogens (primary N) is 1. The Balaban J connectivity index is 1.35. The van der Waals surface area contributed by atoms with Crippen LogP contribution in [0, 0.1) is 5.92 Å². The lowest BCUT2D eigenvalue weighted by Crippen LogP contribution is -2.24. The molecule has 2 aliphatic carbocycles. The van der Waals surface area contributed by atoms with Gasteiger partial charge in [-0.15, -0.1) is 0 Å². The van der Waals surface area contributed by atoms with Gasteiger partial charge < -0.3 is 10.8 Å². The van der Waals surface area contributed by atoms with Gasteiger partial charge in [-0.05, 0) is 30.9 Å². The Hall–Kier alpha value is -1.04. The molecule has 2 fully saturated rings. The Morgan fingerprint density at radius 3 is 3.00 bits per heavy atom. The number of nitrogen functional groups attached to an aromatic ring is 1. The van der Waals surface area contributed by atoms with E-state index in [1.54, 1.807) is 6.20 Å². The van der Waals surface area contributed by atoms with Crippen LogP contribution in [0.2, 0.25) is 0 Å². The summed E-state index contributed by atoms with van der Waals surface area (Å²) in [7, 11) is 0. The summed E-state index contributed by atoms with van der Waals surface area (Å²) in [6, 6.07) is 1.88. The average Bonchev–Trinajstić information content (AvgIpc) is 3.03. The van der Waals surface area contributed by atoms with Crippen molar-refractivity contribution >= 4 is 23.0 Å². The zero-order valence-electron chi connectivity index (χ0n) is 13.4. The summed E-state index contributed by atoms with van der Waals surface area (Å²) < 4.78 is 0. The molecular weight excluding hydrogens is 306 g/mol. The monoisotopic (exact) mass is 331 g/mol. The smallest absolute Gasteiger partial charge is 0.0727 e. The summed E-state index contributed by atoms with van der Waals surface area (Å²) in [6.07, 6.45) is 8.88. The van der Waals surface area contributed by atoms with Crippen LogP contribution < -0.4 is 5.73 Å². The van der Waals surface area contributed by atoms with Gasteiger partial charge >= 0.3 is 0 Å². The van der Waals surface area contributed by atoms with Crippen LogP contribution in [0.5, 0.6) is 0 Å². The van der Waals surface area contributed by atoms with Crippen molar-refractivity contribution in [1.82, 2.24) is 9.88 Å². The zero-order chi connectivity index (χ0) is 15.8. The highest BCUT2D eigenvalue weighted by Gasteiger charge is 2.33. The molecule has 124 valence electrons. The largest absolute Gasteiger partial charge is 0.398 e. The first-order chi connectivity index (χ1) is 11.2. The highest BCUT2D eigenvalue weighted by molar-refractivity contribution is 7.99. The van der Waals surface area contributed by atoms with E-state index in [0.717, 1.165) is 48.4 Å². The van der Waals surface area contributed by atoms with Crippen LogP contribution in [0.15, 0.2) is 18.3 Å². The quantitative estimate of drug-likeness (QED) is 0.866. The van der Waals surface area contributed by atoms with Crippen molar-refractivity contribution in [2.45, 2.75) is 37.0 Å². The van der Waals surface area contributed by atoms with Crippen molar-refractivity contribution in [1.29, 1.82) is 0 Å². The number of aliphatic hydroxyl groups is 1. The third-order valence-corrected chi connectivity index (χ3v) is 6.99. The first-order valence-corrected chi connectivity index (χ1v) is 9.70. The van der Waals surface area contributed by atoms with Crippen molar-refractivity contribution in [3.05, 3.63) is 29.6 Å². The van der Waals surface area contributed by atoms with Crippen molar-refractivity contribution in [3.63, 3.8) is 0 Å². The number of pyridine rings is 1. The van der Waals surface area contributed by atoms with Crippen LogP contribution in [0.1, 0.15) is 30.5 Å². The van der Waals surface area contributed by atoms with Gasteiger partial charge in [0.2, 0.25) is 0 Å². The predicted octanol–water partition coefficient (Wildman–Crippen LogP) is 2.18. The number of nitrogens with zero attached hydrogens (tertiary/aromatic N) is 2. The first kappa shape index (κ1) is 15.5. The number of thioether (sulfide) groups is 1. The number of rotatable bonds is 5. The Bertz CT molecular complexity index is 614. The average molecular weight is 331 g/mol. The highest BCUT2D eigenvalue weighted by atomic mass is 32.2. The van der Waals surface area contributed by atoms with Crippen LogP contribution in [-0.2, 0) is 6.42 Å². The molecule has 0 radical (unpaired) electrons. The van der Waals surface area contributed by atoms with Crippen LogP contribution in [0.25, 0.3) is 5.57 Å². The summed E-state index contributed by atoms with van der Waals surface area (Å²) in [4.78, 5) is 6.90. The summed E-state index contributed by atoms with van der Waals surface area (Å²) in [5.41, 5.74) is 10.4. The molecule has 2 atom stereocenters. The second-order valence-corrected chi connectivity index (χ2v) is 8.40. The summed E-state index contributed by atoms with van der Waals surface area (Å²) >= 11 is 2.07. The lowest BCUT2D eigenvalue weighted by molar-refractivity contribution is 0.151. The first-order valence-electron chi connectivity index (χ1n) is 8.65. The van der Waals surface area contributed by atoms with Crippen molar-refractivity contribution in [2.75, 3.05) is 31.1 Å². The molecule has 0 bridgehead atoms. The third kappa shape index (κ3) is 3.14. The number of aromatic nitrogens is 1. The van der Waals surface area contributed by atoms with Gasteiger partial charge in [-0.3, -0.25) is 9.88 Å².